The van der Waals surface area contributed by atoms with Crippen LogP contribution in [0.25, 0.3) is 0 Å². The van der Waals surface area contributed by atoms with E-state index in [1.807, 2.05) is 25.7 Å². The fraction of sp³-hybridized carbons (Fsp3) is 0.833. The van der Waals surface area contributed by atoms with Crippen molar-refractivity contribution in [3.63, 3.8) is 0 Å². The summed E-state index contributed by atoms with van der Waals surface area (Å²) in [5.74, 6) is -0.770. The SMILES string of the molecule is CNC(=O)C1(C)CCN(C(C(=O)O)C(C)C)C1. The van der Waals surface area contributed by atoms with Crippen LogP contribution in [0.4, 0.5) is 0 Å². The van der Waals surface area contributed by atoms with E-state index in [-0.39, 0.29) is 11.8 Å². The minimum Gasteiger partial charge on any atom is -0.480 e. The van der Waals surface area contributed by atoms with Crippen molar-refractivity contribution in [2.75, 3.05) is 20.1 Å². The van der Waals surface area contributed by atoms with Gasteiger partial charge in [0.05, 0.1) is 5.41 Å². The zero-order valence-electron chi connectivity index (χ0n) is 11.0. The van der Waals surface area contributed by atoms with Crippen LogP contribution in [0.1, 0.15) is 27.2 Å². The summed E-state index contributed by atoms with van der Waals surface area (Å²) in [5, 5.41) is 11.9. The van der Waals surface area contributed by atoms with Gasteiger partial charge in [0, 0.05) is 20.1 Å². The number of rotatable bonds is 4. The van der Waals surface area contributed by atoms with Crippen LogP contribution in [0.3, 0.4) is 0 Å². The summed E-state index contributed by atoms with van der Waals surface area (Å²) in [6.07, 6.45) is 0.711. The second kappa shape index (κ2) is 5.04. The van der Waals surface area contributed by atoms with Crippen LogP contribution in [0.15, 0.2) is 0 Å². The van der Waals surface area contributed by atoms with E-state index in [4.69, 9.17) is 0 Å². The second-order valence-electron chi connectivity index (χ2n) is 5.39. The third-order valence-electron chi connectivity index (χ3n) is 3.56. The van der Waals surface area contributed by atoms with Gasteiger partial charge < -0.3 is 10.4 Å². The fourth-order valence-corrected chi connectivity index (χ4v) is 2.58. The van der Waals surface area contributed by atoms with Gasteiger partial charge in [-0.25, -0.2) is 0 Å². The Labute approximate surface area is 102 Å². The summed E-state index contributed by atoms with van der Waals surface area (Å²) < 4.78 is 0. The molecule has 1 saturated heterocycles. The first-order valence-electron chi connectivity index (χ1n) is 6.01. The standard InChI is InChI=1S/C12H22N2O3/c1-8(2)9(10(15)16)14-6-5-12(3,7-14)11(17)13-4/h8-9H,5-7H2,1-4H3,(H,13,17)(H,15,16). The number of aliphatic carboxylic acids is 1. The molecule has 5 nitrogen and oxygen atoms in total. The van der Waals surface area contributed by atoms with E-state index in [9.17, 15) is 14.7 Å². The molecular formula is C12H22N2O3. The minimum atomic E-state index is -0.804. The number of nitrogens with zero attached hydrogens (tertiary/aromatic N) is 1. The molecule has 0 bridgehead atoms. The lowest BCUT2D eigenvalue weighted by Crippen LogP contribution is -2.46. The van der Waals surface area contributed by atoms with Crippen molar-refractivity contribution in [3.05, 3.63) is 0 Å². The third-order valence-corrected chi connectivity index (χ3v) is 3.56. The van der Waals surface area contributed by atoms with Crippen molar-refractivity contribution < 1.29 is 14.7 Å². The Morgan fingerprint density at radius 1 is 1.41 bits per heavy atom. The molecule has 0 aromatic carbocycles. The van der Waals surface area contributed by atoms with Gasteiger partial charge in [0.2, 0.25) is 5.91 Å². The van der Waals surface area contributed by atoms with Crippen LogP contribution in [-0.2, 0) is 9.59 Å². The van der Waals surface area contributed by atoms with E-state index in [0.717, 1.165) is 0 Å². The van der Waals surface area contributed by atoms with Crippen molar-refractivity contribution in [2.24, 2.45) is 11.3 Å². The normalized spacial score (nSPS) is 27.1. The Balaban J connectivity index is 2.78. The fourth-order valence-electron chi connectivity index (χ4n) is 2.58. The van der Waals surface area contributed by atoms with E-state index in [1.165, 1.54) is 0 Å². The van der Waals surface area contributed by atoms with E-state index >= 15 is 0 Å². The average Bonchev–Trinajstić information content (AvgIpc) is 2.60. The number of nitrogens with one attached hydrogen (secondary N) is 1. The highest BCUT2D eigenvalue weighted by atomic mass is 16.4. The Morgan fingerprint density at radius 3 is 2.41 bits per heavy atom. The number of hydrogen-bond acceptors (Lipinski definition) is 3. The summed E-state index contributed by atoms with van der Waals surface area (Å²) in [6, 6.07) is -0.499. The zero-order valence-corrected chi connectivity index (χ0v) is 11.0. The number of amides is 1. The van der Waals surface area contributed by atoms with Crippen LogP contribution >= 0.6 is 0 Å². The van der Waals surface area contributed by atoms with E-state index < -0.39 is 17.4 Å². The molecule has 0 aromatic rings. The topological polar surface area (TPSA) is 69.6 Å². The van der Waals surface area contributed by atoms with Crippen molar-refractivity contribution in [1.29, 1.82) is 0 Å². The largest absolute Gasteiger partial charge is 0.480 e. The molecule has 5 heteroatoms. The Morgan fingerprint density at radius 2 is 2.00 bits per heavy atom. The van der Waals surface area contributed by atoms with Crippen LogP contribution < -0.4 is 5.32 Å². The number of carboxylic acid groups (broad SMARTS) is 1. The molecule has 0 saturated carbocycles. The lowest BCUT2D eigenvalue weighted by Gasteiger charge is -2.29. The van der Waals surface area contributed by atoms with Gasteiger partial charge in [-0.05, 0) is 19.3 Å². The summed E-state index contributed by atoms with van der Waals surface area (Å²) in [5.41, 5.74) is -0.461. The van der Waals surface area contributed by atoms with Crippen molar-refractivity contribution in [3.8, 4) is 0 Å². The molecule has 2 unspecified atom stereocenters. The molecule has 0 aromatic heterocycles. The highest BCUT2D eigenvalue weighted by Gasteiger charge is 2.44. The van der Waals surface area contributed by atoms with Crippen molar-refractivity contribution in [1.82, 2.24) is 10.2 Å². The molecule has 2 atom stereocenters. The van der Waals surface area contributed by atoms with Gasteiger partial charge in [0.1, 0.15) is 6.04 Å². The average molecular weight is 242 g/mol. The second-order valence-corrected chi connectivity index (χ2v) is 5.39. The van der Waals surface area contributed by atoms with Gasteiger partial charge in [-0.1, -0.05) is 13.8 Å². The van der Waals surface area contributed by atoms with E-state index in [0.29, 0.717) is 19.5 Å². The number of hydrogen-bond donors (Lipinski definition) is 2. The molecule has 1 heterocycles. The monoisotopic (exact) mass is 242 g/mol. The summed E-state index contributed by atoms with van der Waals surface area (Å²) in [4.78, 5) is 24.9. The summed E-state index contributed by atoms with van der Waals surface area (Å²) >= 11 is 0. The van der Waals surface area contributed by atoms with Gasteiger partial charge in [-0.2, -0.15) is 0 Å². The minimum absolute atomic E-state index is 0.00658. The van der Waals surface area contributed by atoms with Crippen molar-refractivity contribution in [2.45, 2.75) is 33.2 Å². The predicted octanol–water partition coefficient (Wildman–Crippen LogP) is 0.554. The molecule has 1 fully saturated rings. The van der Waals surface area contributed by atoms with Gasteiger partial charge in [-0.15, -0.1) is 0 Å². The molecule has 2 N–H and O–H groups in total. The van der Waals surface area contributed by atoms with Crippen LogP contribution in [0.5, 0.6) is 0 Å². The van der Waals surface area contributed by atoms with Gasteiger partial charge in [0.25, 0.3) is 0 Å². The molecule has 17 heavy (non-hydrogen) atoms. The van der Waals surface area contributed by atoms with Gasteiger partial charge >= 0.3 is 5.97 Å². The third kappa shape index (κ3) is 2.77. The maximum atomic E-state index is 11.8. The molecule has 1 rings (SSSR count). The molecule has 1 aliphatic rings. The molecule has 0 spiro atoms. The van der Waals surface area contributed by atoms with E-state index in [1.54, 1.807) is 7.05 Å². The molecular weight excluding hydrogens is 220 g/mol. The maximum Gasteiger partial charge on any atom is 0.321 e. The molecule has 0 aliphatic carbocycles. The van der Waals surface area contributed by atoms with Gasteiger partial charge in [0.15, 0.2) is 0 Å². The van der Waals surface area contributed by atoms with Crippen LogP contribution in [-0.4, -0.2) is 48.1 Å². The zero-order chi connectivity index (χ0) is 13.2. The Bertz CT molecular complexity index is 317. The first-order chi connectivity index (χ1) is 7.81. The summed E-state index contributed by atoms with van der Waals surface area (Å²) in [6.45, 7) is 6.87. The van der Waals surface area contributed by atoms with Crippen molar-refractivity contribution >= 4 is 11.9 Å². The number of carbonyl (C=O) groups is 2. The smallest absolute Gasteiger partial charge is 0.321 e. The predicted molar refractivity (Wildman–Crippen MR) is 64.6 cm³/mol. The highest BCUT2D eigenvalue weighted by Crippen LogP contribution is 2.32. The lowest BCUT2D eigenvalue weighted by atomic mass is 9.88. The molecule has 98 valence electrons. The number of carbonyl (C=O) groups excluding carboxylic acids is 1. The molecule has 1 amide bonds. The Kier molecular flexibility index (Phi) is 4.14. The van der Waals surface area contributed by atoms with E-state index in [2.05, 4.69) is 5.32 Å². The van der Waals surface area contributed by atoms with Gasteiger partial charge in [-0.3, -0.25) is 14.5 Å². The first-order valence-corrected chi connectivity index (χ1v) is 6.01. The molecule has 0 radical (unpaired) electrons. The lowest BCUT2D eigenvalue weighted by molar-refractivity contribution is -0.145. The number of carboxylic acids is 1. The first kappa shape index (κ1) is 14.0. The maximum absolute atomic E-state index is 11.8. The van der Waals surface area contributed by atoms with Crippen LogP contribution in [0, 0.1) is 11.3 Å². The van der Waals surface area contributed by atoms with Crippen LogP contribution in [0.2, 0.25) is 0 Å². The summed E-state index contributed by atoms with van der Waals surface area (Å²) in [7, 11) is 1.62. The quantitative estimate of drug-likeness (QED) is 0.755. The Hall–Kier alpha value is -1.10. The highest BCUT2D eigenvalue weighted by molar-refractivity contribution is 5.83. The molecule has 1 aliphatic heterocycles. The number of likely N-dealkylation sites (tertiary alicyclic amines) is 1.